The van der Waals surface area contributed by atoms with Crippen molar-refractivity contribution in [2.24, 2.45) is 0 Å². The van der Waals surface area contributed by atoms with Gasteiger partial charge in [0.1, 0.15) is 0 Å². The number of aryl methyl sites for hydroxylation is 1. The van der Waals surface area contributed by atoms with Crippen molar-refractivity contribution in [2.75, 3.05) is 11.9 Å². The zero-order chi connectivity index (χ0) is 17.5. The molecule has 3 rings (SSSR count). The van der Waals surface area contributed by atoms with Gasteiger partial charge in [-0.15, -0.1) is 0 Å². The highest BCUT2D eigenvalue weighted by atomic mass is 16.2. The van der Waals surface area contributed by atoms with Gasteiger partial charge in [-0.3, -0.25) is 0 Å². The molecule has 0 aromatic heterocycles. The molecule has 3 nitrogen and oxygen atoms in total. The minimum absolute atomic E-state index is 0.0723. The van der Waals surface area contributed by atoms with Gasteiger partial charge in [0.05, 0.1) is 0 Å². The molecule has 0 unspecified atom stereocenters. The summed E-state index contributed by atoms with van der Waals surface area (Å²) in [6.45, 7) is 2.82. The Kier molecular flexibility index (Phi) is 5.75. The molecule has 25 heavy (non-hydrogen) atoms. The van der Waals surface area contributed by atoms with E-state index in [2.05, 4.69) is 60.0 Å². The van der Waals surface area contributed by atoms with Crippen molar-refractivity contribution in [1.82, 2.24) is 5.32 Å². The van der Waals surface area contributed by atoms with Crippen molar-refractivity contribution < 1.29 is 4.79 Å². The highest BCUT2D eigenvalue weighted by molar-refractivity contribution is 5.89. The SMILES string of the molecule is CCc1ccc(NC(=O)NCC2(c3ccccc3)CCCCC2)cc1. The number of urea groups is 1. The highest BCUT2D eigenvalue weighted by Crippen LogP contribution is 2.38. The van der Waals surface area contributed by atoms with Crippen LogP contribution in [0.3, 0.4) is 0 Å². The largest absolute Gasteiger partial charge is 0.337 e. The van der Waals surface area contributed by atoms with Gasteiger partial charge in [0.15, 0.2) is 0 Å². The number of hydrogen-bond donors (Lipinski definition) is 2. The zero-order valence-corrected chi connectivity index (χ0v) is 15.1. The van der Waals surface area contributed by atoms with Crippen LogP contribution in [0.15, 0.2) is 54.6 Å². The third-order valence-electron chi connectivity index (χ3n) is 5.40. The molecular weight excluding hydrogens is 308 g/mol. The molecule has 0 saturated heterocycles. The Morgan fingerprint density at radius 1 is 0.960 bits per heavy atom. The number of nitrogens with one attached hydrogen (secondary N) is 2. The quantitative estimate of drug-likeness (QED) is 0.767. The number of amides is 2. The summed E-state index contributed by atoms with van der Waals surface area (Å²) in [6.07, 6.45) is 7.05. The van der Waals surface area contributed by atoms with Crippen molar-refractivity contribution in [2.45, 2.75) is 50.9 Å². The maximum atomic E-state index is 12.4. The number of benzene rings is 2. The fraction of sp³-hybridized carbons (Fsp3) is 0.409. The van der Waals surface area contributed by atoms with Crippen LogP contribution in [0.25, 0.3) is 0 Å². The third-order valence-corrected chi connectivity index (χ3v) is 5.40. The van der Waals surface area contributed by atoms with Crippen LogP contribution < -0.4 is 10.6 Å². The minimum Gasteiger partial charge on any atom is -0.337 e. The van der Waals surface area contributed by atoms with E-state index in [1.54, 1.807) is 0 Å². The first-order valence-electron chi connectivity index (χ1n) is 9.41. The second kappa shape index (κ2) is 8.19. The van der Waals surface area contributed by atoms with Gasteiger partial charge in [-0.2, -0.15) is 0 Å². The molecule has 0 bridgehead atoms. The van der Waals surface area contributed by atoms with E-state index in [0.717, 1.165) is 24.9 Å². The molecular formula is C22H28N2O. The number of carbonyl (C=O) groups excluding carboxylic acids is 1. The molecule has 1 aliphatic carbocycles. The summed E-state index contributed by atoms with van der Waals surface area (Å²) in [4.78, 5) is 12.4. The van der Waals surface area contributed by atoms with Gasteiger partial charge >= 0.3 is 6.03 Å². The third kappa shape index (κ3) is 4.41. The molecule has 3 heteroatoms. The van der Waals surface area contributed by atoms with E-state index in [-0.39, 0.29) is 11.4 Å². The normalized spacial score (nSPS) is 16.2. The smallest absolute Gasteiger partial charge is 0.319 e. The standard InChI is InChI=1S/C22H28N2O/c1-2-18-11-13-20(14-12-18)24-21(25)23-17-22(15-7-4-8-16-22)19-9-5-3-6-10-19/h3,5-6,9-14H,2,4,7-8,15-17H2,1H3,(H2,23,24,25). The molecule has 2 aromatic rings. The second-order valence-electron chi connectivity index (χ2n) is 7.07. The Bertz CT molecular complexity index is 673. The lowest BCUT2D eigenvalue weighted by Gasteiger charge is -2.38. The summed E-state index contributed by atoms with van der Waals surface area (Å²) in [5.74, 6) is 0. The maximum Gasteiger partial charge on any atom is 0.319 e. The fourth-order valence-electron chi connectivity index (χ4n) is 3.84. The van der Waals surface area contributed by atoms with Gasteiger partial charge in [-0.05, 0) is 42.5 Å². The van der Waals surface area contributed by atoms with E-state index in [0.29, 0.717) is 6.54 Å². The van der Waals surface area contributed by atoms with Crippen LogP contribution in [-0.4, -0.2) is 12.6 Å². The van der Waals surface area contributed by atoms with E-state index in [1.165, 1.54) is 30.4 Å². The first-order valence-corrected chi connectivity index (χ1v) is 9.41. The Morgan fingerprint density at radius 3 is 2.28 bits per heavy atom. The lowest BCUT2D eigenvalue weighted by molar-refractivity contribution is 0.240. The van der Waals surface area contributed by atoms with Crippen LogP contribution in [0.2, 0.25) is 0 Å². The molecule has 0 radical (unpaired) electrons. The van der Waals surface area contributed by atoms with E-state index < -0.39 is 0 Å². The molecule has 2 aromatic carbocycles. The van der Waals surface area contributed by atoms with Gasteiger partial charge in [0.2, 0.25) is 0 Å². The van der Waals surface area contributed by atoms with Crippen molar-refractivity contribution in [3.05, 3.63) is 65.7 Å². The van der Waals surface area contributed by atoms with Crippen LogP contribution in [0.5, 0.6) is 0 Å². The van der Waals surface area contributed by atoms with Crippen molar-refractivity contribution in [3.8, 4) is 0 Å². The number of hydrogen-bond acceptors (Lipinski definition) is 1. The van der Waals surface area contributed by atoms with Crippen LogP contribution >= 0.6 is 0 Å². The fourth-order valence-corrected chi connectivity index (χ4v) is 3.84. The predicted octanol–water partition coefficient (Wildman–Crippen LogP) is 5.27. The van der Waals surface area contributed by atoms with Gasteiger partial charge in [-0.1, -0.05) is 68.7 Å². The van der Waals surface area contributed by atoms with Crippen molar-refractivity contribution in [1.29, 1.82) is 0 Å². The lowest BCUT2D eigenvalue weighted by atomic mass is 9.69. The summed E-state index contributed by atoms with van der Waals surface area (Å²) in [6, 6.07) is 18.6. The molecule has 0 spiro atoms. The van der Waals surface area contributed by atoms with Crippen LogP contribution in [0.1, 0.15) is 50.2 Å². The van der Waals surface area contributed by atoms with E-state index in [9.17, 15) is 4.79 Å². The molecule has 0 atom stereocenters. The highest BCUT2D eigenvalue weighted by Gasteiger charge is 2.34. The molecule has 1 saturated carbocycles. The van der Waals surface area contributed by atoms with Gasteiger partial charge in [-0.25, -0.2) is 4.79 Å². The molecule has 2 amide bonds. The topological polar surface area (TPSA) is 41.1 Å². The maximum absolute atomic E-state index is 12.4. The van der Waals surface area contributed by atoms with Crippen molar-refractivity contribution in [3.63, 3.8) is 0 Å². The lowest BCUT2D eigenvalue weighted by Crippen LogP contribution is -2.43. The predicted molar refractivity (Wildman–Crippen MR) is 104 cm³/mol. The number of anilines is 1. The zero-order valence-electron chi connectivity index (χ0n) is 15.1. The first-order chi connectivity index (χ1) is 12.2. The summed E-state index contributed by atoms with van der Waals surface area (Å²) in [5.41, 5.74) is 3.54. The van der Waals surface area contributed by atoms with E-state index >= 15 is 0 Å². The molecule has 132 valence electrons. The molecule has 2 N–H and O–H groups in total. The summed E-state index contributed by atoms with van der Waals surface area (Å²) in [5, 5.41) is 6.07. The van der Waals surface area contributed by atoms with Crippen LogP contribution in [0.4, 0.5) is 10.5 Å². The Hall–Kier alpha value is -2.29. The summed E-state index contributed by atoms with van der Waals surface area (Å²) >= 11 is 0. The average Bonchev–Trinajstić information content (AvgIpc) is 2.68. The first kappa shape index (κ1) is 17.5. The minimum atomic E-state index is -0.120. The Balaban J connectivity index is 1.63. The van der Waals surface area contributed by atoms with Gasteiger partial charge in [0.25, 0.3) is 0 Å². The molecule has 0 aliphatic heterocycles. The van der Waals surface area contributed by atoms with Crippen LogP contribution in [-0.2, 0) is 11.8 Å². The molecule has 0 heterocycles. The number of rotatable bonds is 5. The van der Waals surface area contributed by atoms with Gasteiger partial charge < -0.3 is 10.6 Å². The van der Waals surface area contributed by atoms with Gasteiger partial charge in [0, 0.05) is 17.6 Å². The summed E-state index contributed by atoms with van der Waals surface area (Å²) in [7, 11) is 0. The Morgan fingerprint density at radius 2 is 1.64 bits per heavy atom. The van der Waals surface area contributed by atoms with Crippen molar-refractivity contribution >= 4 is 11.7 Å². The van der Waals surface area contributed by atoms with Crippen LogP contribution in [0, 0.1) is 0 Å². The second-order valence-corrected chi connectivity index (χ2v) is 7.07. The van der Waals surface area contributed by atoms with E-state index in [1.807, 2.05) is 12.1 Å². The van der Waals surface area contributed by atoms with E-state index in [4.69, 9.17) is 0 Å². The Labute approximate surface area is 150 Å². The number of carbonyl (C=O) groups is 1. The summed E-state index contributed by atoms with van der Waals surface area (Å²) < 4.78 is 0. The molecule has 1 fully saturated rings. The monoisotopic (exact) mass is 336 g/mol. The average molecular weight is 336 g/mol. The molecule has 1 aliphatic rings.